The van der Waals surface area contributed by atoms with Gasteiger partial charge in [0.25, 0.3) is 10.0 Å². The number of carboxylic acids is 1. The van der Waals surface area contributed by atoms with E-state index in [-0.39, 0.29) is 24.5 Å². The van der Waals surface area contributed by atoms with Gasteiger partial charge in [-0.2, -0.15) is 13.2 Å². The average molecular weight is 455 g/mol. The van der Waals surface area contributed by atoms with Gasteiger partial charge in [0.15, 0.2) is 0 Å². The van der Waals surface area contributed by atoms with Crippen molar-refractivity contribution in [2.24, 2.45) is 0 Å². The fraction of sp³-hybridized carbons (Fsp3) is 0.286. The highest BCUT2D eigenvalue weighted by Crippen LogP contribution is 2.37. The number of carbonyl (C=O) groups is 1. The van der Waals surface area contributed by atoms with Crippen LogP contribution in [0.5, 0.6) is 5.75 Å². The normalized spacial score (nSPS) is 12.5. The van der Waals surface area contributed by atoms with Crippen LogP contribution in [0.15, 0.2) is 53.6 Å². The summed E-state index contributed by atoms with van der Waals surface area (Å²) < 4.78 is 73.2. The third kappa shape index (κ3) is 4.68. The molecule has 3 aromatic rings. The molecule has 166 valence electrons. The zero-order chi connectivity index (χ0) is 23.0. The van der Waals surface area contributed by atoms with E-state index in [0.717, 1.165) is 16.1 Å². The molecule has 3 rings (SSSR count). The van der Waals surface area contributed by atoms with Crippen LogP contribution in [0.2, 0.25) is 0 Å². The van der Waals surface area contributed by atoms with Crippen molar-refractivity contribution >= 4 is 26.9 Å². The van der Waals surface area contributed by atoms with Crippen molar-refractivity contribution in [1.29, 1.82) is 0 Å². The molecule has 0 unspecified atom stereocenters. The first-order valence-corrected chi connectivity index (χ1v) is 10.8. The van der Waals surface area contributed by atoms with Gasteiger partial charge in [-0.15, -0.1) is 0 Å². The summed E-state index contributed by atoms with van der Waals surface area (Å²) in [5, 5.41) is 9.41. The molecule has 31 heavy (non-hydrogen) atoms. The summed E-state index contributed by atoms with van der Waals surface area (Å²) in [6.45, 7) is 3.61. The highest BCUT2D eigenvalue weighted by atomic mass is 32.2. The number of benzene rings is 2. The van der Waals surface area contributed by atoms with Crippen LogP contribution in [-0.4, -0.2) is 29.6 Å². The van der Waals surface area contributed by atoms with Gasteiger partial charge < -0.3 is 9.84 Å². The fourth-order valence-corrected chi connectivity index (χ4v) is 4.87. The summed E-state index contributed by atoms with van der Waals surface area (Å²) in [7, 11) is -4.62. The highest BCUT2D eigenvalue weighted by Gasteiger charge is 2.37. The largest absolute Gasteiger partial charge is 0.491 e. The Labute approximate surface area is 176 Å². The molecular weight excluding hydrogens is 435 g/mol. The Morgan fingerprint density at radius 3 is 2.45 bits per heavy atom. The summed E-state index contributed by atoms with van der Waals surface area (Å²) >= 11 is 0. The van der Waals surface area contributed by atoms with E-state index in [1.807, 2.05) is 0 Å². The number of aliphatic carboxylic acids is 1. The van der Waals surface area contributed by atoms with Crippen molar-refractivity contribution in [3.63, 3.8) is 0 Å². The summed E-state index contributed by atoms with van der Waals surface area (Å²) in [6, 6.07) is 8.46. The van der Waals surface area contributed by atoms with E-state index in [0.29, 0.717) is 22.8 Å². The van der Waals surface area contributed by atoms with Crippen molar-refractivity contribution < 1.29 is 36.2 Å². The van der Waals surface area contributed by atoms with E-state index in [9.17, 15) is 26.4 Å². The highest BCUT2D eigenvalue weighted by molar-refractivity contribution is 7.90. The molecule has 6 nitrogen and oxygen atoms in total. The minimum absolute atomic E-state index is 0.000400. The number of fused-ring (bicyclic) bond motifs is 1. The first kappa shape index (κ1) is 22.7. The van der Waals surface area contributed by atoms with Gasteiger partial charge >= 0.3 is 12.1 Å². The van der Waals surface area contributed by atoms with Crippen LogP contribution in [0.4, 0.5) is 13.2 Å². The molecule has 0 saturated heterocycles. The molecule has 10 heteroatoms. The molecule has 2 aromatic carbocycles. The van der Waals surface area contributed by atoms with E-state index in [2.05, 4.69) is 0 Å². The number of hydrogen-bond acceptors (Lipinski definition) is 4. The third-order valence-electron chi connectivity index (χ3n) is 4.53. The summed E-state index contributed by atoms with van der Waals surface area (Å²) in [4.78, 5) is 10.1. The molecule has 0 radical (unpaired) electrons. The number of nitrogens with zero attached hydrogens (tertiary/aromatic N) is 1. The monoisotopic (exact) mass is 455 g/mol. The minimum atomic E-state index is -4.86. The number of halogens is 3. The predicted molar refractivity (Wildman–Crippen MR) is 108 cm³/mol. The molecule has 0 aliphatic carbocycles. The maximum absolute atomic E-state index is 13.4. The Bertz CT molecular complexity index is 1230. The summed E-state index contributed by atoms with van der Waals surface area (Å²) in [5.41, 5.74) is -0.767. The van der Waals surface area contributed by atoms with Crippen molar-refractivity contribution in [1.82, 2.24) is 3.97 Å². The van der Waals surface area contributed by atoms with E-state index < -0.39 is 32.6 Å². The Morgan fingerprint density at radius 1 is 1.16 bits per heavy atom. The predicted octanol–water partition coefficient (Wildman–Crippen LogP) is 4.70. The van der Waals surface area contributed by atoms with Gasteiger partial charge in [0, 0.05) is 18.0 Å². The lowest BCUT2D eigenvalue weighted by Gasteiger charge is -2.14. The lowest BCUT2D eigenvalue weighted by atomic mass is 10.1. The van der Waals surface area contributed by atoms with E-state index >= 15 is 0 Å². The number of hydrogen-bond donors (Lipinski definition) is 1. The van der Waals surface area contributed by atoms with Gasteiger partial charge in [0.2, 0.25) is 0 Å². The first-order chi connectivity index (χ1) is 14.4. The number of carboxylic acid groups (broad SMARTS) is 1. The number of aryl methyl sites for hydroxylation is 1. The minimum Gasteiger partial charge on any atom is -0.491 e. The smallest absolute Gasteiger partial charge is 0.417 e. The lowest BCUT2D eigenvalue weighted by Crippen LogP contribution is -2.18. The van der Waals surface area contributed by atoms with Crippen LogP contribution in [0, 0.1) is 0 Å². The van der Waals surface area contributed by atoms with Gasteiger partial charge in [-0.05, 0) is 56.2 Å². The zero-order valence-corrected chi connectivity index (χ0v) is 17.5. The average Bonchev–Trinajstić information content (AvgIpc) is 3.04. The van der Waals surface area contributed by atoms with Gasteiger partial charge in [0.05, 0.1) is 17.2 Å². The van der Waals surface area contributed by atoms with Crippen molar-refractivity contribution in [3.05, 3.63) is 59.8 Å². The Morgan fingerprint density at radius 2 is 1.84 bits per heavy atom. The molecule has 0 spiro atoms. The molecule has 0 aliphatic heterocycles. The van der Waals surface area contributed by atoms with Crippen molar-refractivity contribution in [3.8, 4) is 5.75 Å². The Hall–Kier alpha value is -3.01. The molecule has 0 fully saturated rings. The van der Waals surface area contributed by atoms with Crippen LogP contribution < -0.4 is 4.74 Å². The van der Waals surface area contributed by atoms with Crippen LogP contribution in [0.1, 0.15) is 31.4 Å². The Kier molecular flexibility index (Phi) is 6.04. The number of rotatable bonds is 7. The van der Waals surface area contributed by atoms with Crippen LogP contribution in [0.25, 0.3) is 10.9 Å². The molecule has 0 aliphatic rings. The van der Waals surface area contributed by atoms with Gasteiger partial charge in [-0.25, -0.2) is 12.4 Å². The van der Waals surface area contributed by atoms with Crippen LogP contribution >= 0.6 is 0 Å². The second-order valence-corrected chi connectivity index (χ2v) is 8.97. The summed E-state index contributed by atoms with van der Waals surface area (Å²) in [5.74, 6) is -0.648. The quantitative estimate of drug-likeness (QED) is 0.558. The number of aromatic nitrogens is 1. The number of alkyl halides is 3. The fourth-order valence-electron chi connectivity index (χ4n) is 3.26. The first-order valence-electron chi connectivity index (χ1n) is 9.35. The van der Waals surface area contributed by atoms with Crippen LogP contribution in [0.3, 0.4) is 0 Å². The van der Waals surface area contributed by atoms with E-state index in [4.69, 9.17) is 9.84 Å². The number of ether oxygens (including phenoxy) is 1. The summed E-state index contributed by atoms with van der Waals surface area (Å²) in [6.07, 6.45) is -4.12. The van der Waals surface area contributed by atoms with Gasteiger partial charge in [-0.3, -0.25) is 4.79 Å². The molecule has 0 saturated carbocycles. The molecule has 1 heterocycles. The molecule has 0 amide bonds. The molecule has 1 N–H and O–H groups in total. The van der Waals surface area contributed by atoms with Crippen molar-refractivity contribution in [2.45, 2.75) is 43.9 Å². The standard InChI is InChI=1S/C21H20F3NO5S/c1-13(2)30-15-8-9-18-16(11-15)14(7-10-20(26)27)12-25(18)31(28,29)19-6-4-3-5-17(19)21(22,23)24/h3-6,8-9,11-13H,7,10H2,1-2H3,(H,26,27). The molecule has 0 atom stereocenters. The van der Waals surface area contributed by atoms with Gasteiger partial charge in [0.1, 0.15) is 10.6 Å². The molecule has 0 bridgehead atoms. The topological polar surface area (TPSA) is 85.6 Å². The third-order valence-corrected chi connectivity index (χ3v) is 6.27. The lowest BCUT2D eigenvalue weighted by molar-refractivity contribution is -0.140. The van der Waals surface area contributed by atoms with Crippen LogP contribution in [-0.2, 0) is 27.4 Å². The van der Waals surface area contributed by atoms with Crippen molar-refractivity contribution in [2.75, 3.05) is 0 Å². The van der Waals surface area contributed by atoms with E-state index in [1.54, 1.807) is 19.9 Å². The molecular formula is C21H20F3NO5S. The maximum atomic E-state index is 13.4. The zero-order valence-electron chi connectivity index (χ0n) is 16.7. The SMILES string of the molecule is CC(C)Oc1ccc2c(c1)c(CCC(=O)O)cn2S(=O)(=O)c1ccccc1C(F)(F)F. The molecule has 1 aromatic heterocycles. The Balaban J connectivity index is 2.23. The van der Waals surface area contributed by atoms with Gasteiger partial charge in [-0.1, -0.05) is 12.1 Å². The van der Waals surface area contributed by atoms with E-state index in [1.165, 1.54) is 24.4 Å². The second kappa shape index (κ2) is 8.26. The second-order valence-electron chi connectivity index (χ2n) is 7.19. The maximum Gasteiger partial charge on any atom is 0.417 e.